The van der Waals surface area contributed by atoms with Gasteiger partial charge in [0, 0.05) is 30.9 Å². The third-order valence-corrected chi connectivity index (χ3v) is 6.70. The van der Waals surface area contributed by atoms with Crippen molar-refractivity contribution in [2.24, 2.45) is 0 Å². The molecule has 0 saturated carbocycles. The van der Waals surface area contributed by atoms with Gasteiger partial charge in [0.2, 0.25) is 0 Å². The number of hydrogen-bond donors (Lipinski definition) is 0. The van der Waals surface area contributed by atoms with Crippen LogP contribution in [-0.2, 0) is 6.42 Å². The molecule has 0 spiro atoms. The van der Waals surface area contributed by atoms with E-state index in [2.05, 4.69) is 67.3 Å². The highest BCUT2D eigenvalue weighted by Crippen LogP contribution is 2.34. The van der Waals surface area contributed by atoms with Crippen LogP contribution in [0, 0.1) is 6.92 Å². The van der Waals surface area contributed by atoms with Gasteiger partial charge in [-0.15, -0.1) is 11.3 Å². The number of amides is 1. The SMILES string of the molecule is CCN1CCN(C(=O)c2sc3ccccc3c2Cc2ccc(C)cc2)CC1. The maximum Gasteiger partial charge on any atom is 0.264 e. The summed E-state index contributed by atoms with van der Waals surface area (Å²) < 4.78 is 1.20. The molecule has 1 saturated heterocycles. The summed E-state index contributed by atoms with van der Waals surface area (Å²) in [5, 5.41) is 1.22. The zero-order valence-electron chi connectivity index (χ0n) is 16.1. The van der Waals surface area contributed by atoms with Crippen molar-refractivity contribution in [3.05, 3.63) is 70.1 Å². The van der Waals surface area contributed by atoms with Crippen molar-refractivity contribution < 1.29 is 4.79 Å². The quantitative estimate of drug-likeness (QED) is 0.663. The number of hydrogen-bond acceptors (Lipinski definition) is 3. The fourth-order valence-electron chi connectivity index (χ4n) is 3.77. The van der Waals surface area contributed by atoms with Crippen LogP contribution in [0.25, 0.3) is 10.1 Å². The molecule has 1 aliphatic heterocycles. The molecule has 3 aromatic rings. The van der Waals surface area contributed by atoms with Crippen molar-refractivity contribution in [3.63, 3.8) is 0 Å². The van der Waals surface area contributed by atoms with Crippen LogP contribution in [0.2, 0.25) is 0 Å². The minimum atomic E-state index is 0.203. The number of piperazine rings is 1. The highest BCUT2D eigenvalue weighted by molar-refractivity contribution is 7.21. The van der Waals surface area contributed by atoms with Gasteiger partial charge in [0.15, 0.2) is 0 Å². The zero-order chi connectivity index (χ0) is 18.8. The van der Waals surface area contributed by atoms with Gasteiger partial charge < -0.3 is 9.80 Å². The van der Waals surface area contributed by atoms with Crippen molar-refractivity contribution in [1.82, 2.24) is 9.80 Å². The number of nitrogens with zero attached hydrogens (tertiary/aromatic N) is 2. The topological polar surface area (TPSA) is 23.6 Å². The van der Waals surface area contributed by atoms with Crippen LogP contribution in [0.1, 0.15) is 33.3 Å². The first-order valence-corrected chi connectivity index (χ1v) is 10.5. The molecular formula is C23H26N2OS. The summed E-state index contributed by atoms with van der Waals surface area (Å²) in [5.74, 6) is 0.203. The van der Waals surface area contributed by atoms with E-state index in [-0.39, 0.29) is 5.91 Å². The second-order valence-electron chi connectivity index (χ2n) is 7.29. The number of likely N-dealkylation sites (N-methyl/N-ethyl adjacent to an activating group) is 1. The van der Waals surface area contributed by atoms with E-state index in [4.69, 9.17) is 0 Å². The minimum Gasteiger partial charge on any atom is -0.335 e. The van der Waals surface area contributed by atoms with Crippen molar-refractivity contribution in [2.75, 3.05) is 32.7 Å². The fraction of sp³-hybridized carbons (Fsp3) is 0.348. The summed E-state index contributed by atoms with van der Waals surface area (Å²) in [6.45, 7) is 8.94. The summed E-state index contributed by atoms with van der Waals surface area (Å²) in [4.78, 5) is 18.7. The molecule has 140 valence electrons. The standard InChI is InChI=1S/C23H26N2OS/c1-3-24-12-14-25(15-13-24)23(26)22-20(16-18-10-8-17(2)9-11-18)19-6-4-5-7-21(19)27-22/h4-11H,3,12-16H2,1-2H3. The number of aryl methyl sites for hydroxylation is 1. The Balaban J connectivity index is 1.67. The van der Waals surface area contributed by atoms with Gasteiger partial charge in [-0.1, -0.05) is 55.0 Å². The van der Waals surface area contributed by atoms with Gasteiger partial charge in [0.25, 0.3) is 5.91 Å². The third-order valence-electron chi connectivity index (χ3n) is 5.50. The van der Waals surface area contributed by atoms with Gasteiger partial charge in [0.05, 0.1) is 4.88 Å². The van der Waals surface area contributed by atoms with Crippen molar-refractivity contribution in [2.45, 2.75) is 20.3 Å². The average molecular weight is 379 g/mol. The molecule has 3 nitrogen and oxygen atoms in total. The Morgan fingerprint density at radius 1 is 1.00 bits per heavy atom. The van der Waals surface area contributed by atoms with Crippen LogP contribution in [0.15, 0.2) is 48.5 Å². The molecule has 0 unspecified atom stereocenters. The van der Waals surface area contributed by atoms with Crippen LogP contribution in [0.4, 0.5) is 0 Å². The van der Waals surface area contributed by atoms with Crippen molar-refractivity contribution >= 4 is 27.3 Å². The monoisotopic (exact) mass is 378 g/mol. The molecule has 0 atom stereocenters. The molecule has 1 fully saturated rings. The molecular weight excluding hydrogens is 352 g/mol. The second-order valence-corrected chi connectivity index (χ2v) is 8.35. The first-order chi connectivity index (χ1) is 13.2. The molecule has 1 aliphatic rings. The fourth-order valence-corrected chi connectivity index (χ4v) is 4.96. The molecule has 2 heterocycles. The first-order valence-electron chi connectivity index (χ1n) is 9.73. The van der Waals surface area contributed by atoms with E-state index in [1.54, 1.807) is 11.3 Å². The van der Waals surface area contributed by atoms with Gasteiger partial charge in [-0.25, -0.2) is 0 Å². The van der Waals surface area contributed by atoms with E-state index in [0.29, 0.717) is 0 Å². The summed E-state index contributed by atoms with van der Waals surface area (Å²) in [6.07, 6.45) is 0.806. The number of carbonyl (C=O) groups excluding carboxylic acids is 1. The van der Waals surface area contributed by atoms with Gasteiger partial charge in [-0.05, 0) is 42.5 Å². The smallest absolute Gasteiger partial charge is 0.264 e. The van der Waals surface area contributed by atoms with Crippen LogP contribution in [0.5, 0.6) is 0 Å². The maximum atomic E-state index is 13.3. The lowest BCUT2D eigenvalue weighted by Gasteiger charge is -2.34. The van der Waals surface area contributed by atoms with Gasteiger partial charge in [-0.3, -0.25) is 4.79 Å². The molecule has 27 heavy (non-hydrogen) atoms. The van der Waals surface area contributed by atoms with Crippen LogP contribution in [0.3, 0.4) is 0 Å². The van der Waals surface area contributed by atoms with E-state index in [1.165, 1.54) is 26.8 Å². The van der Waals surface area contributed by atoms with Gasteiger partial charge >= 0.3 is 0 Å². The van der Waals surface area contributed by atoms with Gasteiger partial charge in [-0.2, -0.15) is 0 Å². The number of thiophene rings is 1. The molecule has 0 aliphatic carbocycles. The molecule has 2 aromatic carbocycles. The Hall–Kier alpha value is -2.17. The highest BCUT2D eigenvalue weighted by atomic mass is 32.1. The van der Waals surface area contributed by atoms with E-state index >= 15 is 0 Å². The zero-order valence-corrected chi connectivity index (χ0v) is 16.9. The van der Waals surface area contributed by atoms with E-state index in [1.807, 2.05) is 4.90 Å². The summed E-state index contributed by atoms with van der Waals surface area (Å²) in [7, 11) is 0. The number of rotatable bonds is 4. The molecule has 4 heteroatoms. The first kappa shape index (κ1) is 18.2. The van der Waals surface area contributed by atoms with Crippen molar-refractivity contribution in [3.8, 4) is 0 Å². The van der Waals surface area contributed by atoms with Crippen LogP contribution in [-0.4, -0.2) is 48.4 Å². The molecule has 1 amide bonds. The number of fused-ring (bicyclic) bond motifs is 1. The summed E-state index contributed by atoms with van der Waals surface area (Å²) in [5.41, 5.74) is 3.70. The summed E-state index contributed by atoms with van der Waals surface area (Å²) in [6, 6.07) is 17.1. The Bertz CT molecular complexity index is 937. The van der Waals surface area contributed by atoms with E-state index in [0.717, 1.165) is 44.0 Å². The molecule has 0 radical (unpaired) electrons. The Kier molecular flexibility index (Phi) is 5.28. The normalized spacial score (nSPS) is 15.4. The highest BCUT2D eigenvalue weighted by Gasteiger charge is 2.26. The lowest BCUT2D eigenvalue weighted by molar-refractivity contribution is 0.0647. The molecule has 0 N–H and O–H groups in total. The lowest BCUT2D eigenvalue weighted by Crippen LogP contribution is -2.48. The average Bonchev–Trinajstić information content (AvgIpc) is 3.08. The number of carbonyl (C=O) groups is 1. The molecule has 0 bridgehead atoms. The molecule has 1 aromatic heterocycles. The third kappa shape index (κ3) is 3.78. The summed E-state index contributed by atoms with van der Waals surface area (Å²) >= 11 is 1.65. The number of benzene rings is 2. The van der Waals surface area contributed by atoms with E-state index in [9.17, 15) is 4.79 Å². The molecule has 4 rings (SSSR count). The Labute approximate surface area is 165 Å². The van der Waals surface area contributed by atoms with Crippen LogP contribution >= 0.6 is 11.3 Å². The predicted molar refractivity (Wildman–Crippen MR) is 114 cm³/mol. The Morgan fingerprint density at radius 3 is 2.41 bits per heavy atom. The van der Waals surface area contributed by atoms with Gasteiger partial charge in [0.1, 0.15) is 0 Å². The maximum absolute atomic E-state index is 13.3. The minimum absolute atomic E-state index is 0.203. The predicted octanol–water partition coefficient (Wildman–Crippen LogP) is 4.58. The lowest BCUT2D eigenvalue weighted by atomic mass is 10.0. The van der Waals surface area contributed by atoms with Crippen molar-refractivity contribution in [1.29, 1.82) is 0 Å². The van der Waals surface area contributed by atoms with E-state index < -0.39 is 0 Å². The second kappa shape index (κ2) is 7.83. The Morgan fingerprint density at radius 2 is 1.70 bits per heavy atom. The largest absolute Gasteiger partial charge is 0.335 e. The van der Waals surface area contributed by atoms with Crippen LogP contribution < -0.4 is 0 Å².